The van der Waals surface area contributed by atoms with Crippen LogP contribution >= 0.6 is 0 Å². The lowest BCUT2D eigenvalue weighted by Gasteiger charge is -2.36. The fourth-order valence-electron chi connectivity index (χ4n) is 2.03. The summed E-state index contributed by atoms with van der Waals surface area (Å²) in [5.41, 5.74) is -0.451. The lowest BCUT2D eigenvalue weighted by Crippen LogP contribution is -2.58. The number of hydrogen-bond donors (Lipinski definition) is 1. The van der Waals surface area contributed by atoms with Crippen LogP contribution in [0.4, 0.5) is 10.1 Å². The summed E-state index contributed by atoms with van der Waals surface area (Å²) in [7, 11) is -4.08. The molecule has 1 aromatic rings. The van der Waals surface area contributed by atoms with Crippen molar-refractivity contribution >= 4 is 15.7 Å². The summed E-state index contributed by atoms with van der Waals surface area (Å²) in [6.45, 7) is 2.80. The van der Waals surface area contributed by atoms with Crippen LogP contribution in [0.3, 0.4) is 0 Å². The Bertz CT molecular complexity index is 631. The zero-order chi connectivity index (χ0) is 14.9. The lowest BCUT2D eigenvalue weighted by molar-refractivity contribution is -0.385. The monoisotopic (exact) mass is 303 g/mol. The number of nitro groups is 1. The van der Waals surface area contributed by atoms with E-state index in [2.05, 4.69) is 5.32 Å². The average molecular weight is 303 g/mol. The van der Waals surface area contributed by atoms with Gasteiger partial charge in [-0.1, -0.05) is 6.92 Å². The summed E-state index contributed by atoms with van der Waals surface area (Å²) >= 11 is 0. The van der Waals surface area contributed by atoms with Gasteiger partial charge in [0.15, 0.2) is 0 Å². The summed E-state index contributed by atoms with van der Waals surface area (Å²) in [4.78, 5) is 9.29. The van der Waals surface area contributed by atoms with Gasteiger partial charge in [0.1, 0.15) is 10.7 Å². The van der Waals surface area contributed by atoms with E-state index in [0.29, 0.717) is 13.1 Å². The quantitative estimate of drug-likeness (QED) is 0.639. The van der Waals surface area contributed by atoms with Crippen LogP contribution in [0.5, 0.6) is 0 Å². The van der Waals surface area contributed by atoms with E-state index in [1.165, 1.54) is 0 Å². The summed E-state index contributed by atoms with van der Waals surface area (Å²) in [6.07, 6.45) is 0. The summed E-state index contributed by atoms with van der Waals surface area (Å²) in [5, 5.41) is 13.6. The average Bonchev–Trinajstić information content (AvgIpc) is 2.33. The number of nitro benzene ring substituents is 1. The fraction of sp³-hybridized carbons (Fsp3) is 0.455. The number of rotatable bonds is 5. The molecule has 2 rings (SSSR count). The predicted octanol–water partition coefficient (Wildman–Crippen LogP) is 0.716. The van der Waals surface area contributed by atoms with Crippen LogP contribution in [0, 0.1) is 15.9 Å². The first-order valence-electron chi connectivity index (χ1n) is 6.04. The minimum atomic E-state index is -4.08. The van der Waals surface area contributed by atoms with Gasteiger partial charge in [-0.05, 0) is 6.07 Å². The van der Waals surface area contributed by atoms with Crippen molar-refractivity contribution in [3.8, 4) is 0 Å². The van der Waals surface area contributed by atoms with E-state index >= 15 is 0 Å². The van der Waals surface area contributed by atoms with Crippen molar-refractivity contribution in [2.24, 2.45) is 0 Å². The normalized spacial score (nSPS) is 16.1. The van der Waals surface area contributed by atoms with Crippen LogP contribution in [0.2, 0.25) is 0 Å². The van der Waals surface area contributed by atoms with E-state index in [4.69, 9.17) is 0 Å². The van der Waals surface area contributed by atoms with Gasteiger partial charge in [0.25, 0.3) is 5.69 Å². The Morgan fingerprint density at radius 3 is 2.60 bits per heavy atom. The molecule has 0 aromatic heterocycles. The number of nitrogens with zero attached hydrogens (tertiary/aromatic N) is 2. The van der Waals surface area contributed by atoms with Gasteiger partial charge in [0, 0.05) is 31.8 Å². The van der Waals surface area contributed by atoms with Crippen molar-refractivity contribution in [3.05, 3.63) is 34.1 Å². The van der Waals surface area contributed by atoms with E-state index in [-0.39, 0.29) is 12.6 Å². The van der Waals surface area contributed by atoms with E-state index in [0.717, 1.165) is 22.5 Å². The molecule has 9 heteroatoms. The Morgan fingerprint density at radius 1 is 1.50 bits per heavy atom. The first-order valence-corrected chi connectivity index (χ1v) is 7.48. The van der Waals surface area contributed by atoms with Gasteiger partial charge in [-0.15, -0.1) is 0 Å². The number of benzene rings is 1. The second-order valence-electron chi connectivity index (χ2n) is 4.39. The van der Waals surface area contributed by atoms with Gasteiger partial charge < -0.3 is 5.32 Å². The summed E-state index contributed by atoms with van der Waals surface area (Å²) < 4.78 is 39.8. The fourth-order valence-corrected chi connectivity index (χ4v) is 3.75. The van der Waals surface area contributed by atoms with Crippen molar-refractivity contribution in [2.45, 2.75) is 17.9 Å². The van der Waals surface area contributed by atoms with Crippen LogP contribution in [0.25, 0.3) is 0 Å². The smallest absolute Gasteiger partial charge is 0.270 e. The third kappa shape index (κ3) is 2.51. The third-order valence-electron chi connectivity index (χ3n) is 3.19. The standard InChI is InChI=1S/C11H14FN3O4S/c1-2-14(9-6-13-7-9)20(18,19)11-5-8(15(16)17)3-4-10(11)12/h3-5,9,13H,2,6-7H2,1H3. The molecular formula is C11H14FN3O4S. The molecule has 20 heavy (non-hydrogen) atoms. The Kier molecular flexibility index (Phi) is 4.02. The Morgan fingerprint density at radius 2 is 2.15 bits per heavy atom. The highest BCUT2D eigenvalue weighted by Gasteiger charge is 2.35. The highest BCUT2D eigenvalue weighted by atomic mass is 32.2. The molecule has 1 aromatic carbocycles. The molecule has 7 nitrogen and oxygen atoms in total. The van der Waals surface area contributed by atoms with Crippen molar-refractivity contribution in [2.75, 3.05) is 19.6 Å². The highest BCUT2D eigenvalue weighted by Crippen LogP contribution is 2.26. The number of hydrogen-bond acceptors (Lipinski definition) is 5. The molecule has 0 unspecified atom stereocenters. The maximum atomic E-state index is 13.8. The molecule has 1 heterocycles. The Balaban J connectivity index is 2.47. The second-order valence-corrected chi connectivity index (χ2v) is 6.25. The van der Waals surface area contributed by atoms with Crippen molar-refractivity contribution in [1.82, 2.24) is 9.62 Å². The third-order valence-corrected chi connectivity index (χ3v) is 5.23. The first-order chi connectivity index (χ1) is 9.37. The van der Waals surface area contributed by atoms with Gasteiger partial charge >= 0.3 is 0 Å². The van der Waals surface area contributed by atoms with E-state index in [1.807, 2.05) is 0 Å². The largest absolute Gasteiger partial charge is 0.313 e. The second kappa shape index (κ2) is 5.43. The molecule has 1 aliphatic rings. The number of non-ortho nitro benzene ring substituents is 1. The van der Waals surface area contributed by atoms with Crippen molar-refractivity contribution in [3.63, 3.8) is 0 Å². The molecule has 1 aliphatic heterocycles. The Labute approximate surface area is 115 Å². The van der Waals surface area contributed by atoms with Crippen LogP contribution in [0.15, 0.2) is 23.1 Å². The van der Waals surface area contributed by atoms with Crippen LogP contribution in [-0.4, -0.2) is 43.3 Å². The minimum Gasteiger partial charge on any atom is -0.313 e. The zero-order valence-electron chi connectivity index (χ0n) is 10.7. The summed E-state index contributed by atoms with van der Waals surface area (Å²) in [5.74, 6) is -0.985. The van der Waals surface area contributed by atoms with Gasteiger partial charge in [-0.3, -0.25) is 10.1 Å². The molecule has 0 radical (unpaired) electrons. The van der Waals surface area contributed by atoms with Gasteiger partial charge in [-0.25, -0.2) is 12.8 Å². The molecule has 0 bridgehead atoms. The molecular weight excluding hydrogens is 289 g/mol. The van der Waals surface area contributed by atoms with Crippen molar-refractivity contribution in [1.29, 1.82) is 0 Å². The first kappa shape index (κ1) is 14.8. The number of halogens is 1. The van der Waals surface area contributed by atoms with Crippen LogP contribution < -0.4 is 5.32 Å². The Hall–Kier alpha value is -1.58. The van der Waals surface area contributed by atoms with Crippen molar-refractivity contribution < 1.29 is 17.7 Å². The molecule has 0 aliphatic carbocycles. The number of nitrogens with one attached hydrogen (secondary N) is 1. The molecule has 0 amide bonds. The van der Waals surface area contributed by atoms with Gasteiger partial charge in [0.05, 0.1) is 11.0 Å². The SMILES string of the molecule is CCN(C1CNC1)S(=O)(=O)c1cc([N+](=O)[O-])ccc1F. The predicted molar refractivity (Wildman–Crippen MR) is 69.3 cm³/mol. The van der Waals surface area contributed by atoms with Crippen LogP contribution in [-0.2, 0) is 10.0 Å². The molecule has 0 atom stereocenters. The topological polar surface area (TPSA) is 92.6 Å². The van der Waals surface area contributed by atoms with E-state index in [1.54, 1.807) is 6.92 Å². The molecule has 110 valence electrons. The highest BCUT2D eigenvalue weighted by molar-refractivity contribution is 7.89. The minimum absolute atomic E-state index is 0.177. The zero-order valence-corrected chi connectivity index (χ0v) is 11.6. The maximum absolute atomic E-state index is 13.8. The lowest BCUT2D eigenvalue weighted by atomic mass is 10.2. The molecule has 1 N–H and O–H groups in total. The molecule has 0 saturated carbocycles. The van der Waals surface area contributed by atoms with E-state index < -0.39 is 31.3 Å². The summed E-state index contributed by atoms with van der Waals surface area (Å²) in [6, 6.07) is 2.26. The molecule has 1 saturated heterocycles. The molecule has 1 fully saturated rings. The van der Waals surface area contributed by atoms with Crippen LogP contribution in [0.1, 0.15) is 6.92 Å². The van der Waals surface area contributed by atoms with Gasteiger partial charge in [-0.2, -0.15) is 4.31 Å². The maximum Gasteiger partial charge on any atom is 0.270 e. The molecule has 0 spiro atoms. The van der Waals surface area contributed by atoms with E-state index in [9.17, 15) is 22.9 Å². The van der Waals surface area contributed by atoms with Gasteiger partial charge in [0.2, 0.25) is 10.0 Å². The number of likely N-dealkylation sites (N-methyl/N-ethyl adjacent to an activating group) is 1. The number of sulfonamides is 1.